The molecular weight excluding hydrogens is 232 g/mol. The molecule has 0 spiro atoms. The number of nitrogens with one attached hydrogen (secondary N) is 2. The van der Waals surface area contributed by atoms with Crippen LogP contribution >= 0.6 is 11.8 Å². The summed E-state index contributed by atoms with van der Waals surface area (Å²) in [6.07, 6.45) is 4.29. The zero-order valence-electron chi connectivity index (χ0n) is 10.2. The van der Waals surface area contributed by atoms with Crippen molar-refractivity contribution in [2.24, 2.45) is 0 Å². The van der Waals surface area contributed by atoms with Crippen LogP contribution in [-0.2, 0) is 0 Å². The monoisotopic (exact) mass is 250 g/mol. The number of carbonyl (C=O) groups is 1. The van der Waals surface area contributed by atoms with Crippen LogP contribution in [-0.4, -0.2) is 18.3 Å². The summed E-state index contributed by atoms with van der Waals surface area (Å²) in [5.74, 6) is 0. The lowest BCUT2D eigenvalue weighted by atomic mass is 10.1. The molecular formula is C13H18N2OS. The number of benzene rings is 1. The van der Waals surface area contributed by atoms with Crippen molar-refractivity contribution in [1.29, 1.82) is 0 Å². The highest BCUT2D eigenvalue weighted by atomic mass is 32.2. The van der Waals surface area contributed by atoms with Crippen molar-refractivity contribution < 1.29 is 4.79 Å². The average molecular weight is 250 g/mol. The molecule has 4 heteroatoms. The van der Waals surface area contributed by atoms with Crippen LogP contribution in [0, 0.1) is 0 Å². The van der Waals surface area contributed by atoms with Crippen LogP contribution < -0.4 is 10.6 Å². The molecule has 92 valence electrons. The van der Waals surface area contributed by atoms with E-state index >= 15 is 0 Å². The van der Waals surface area contributed by atoms with E-state index in [9.17, 15) is 4.79 Å². The molecule has 0 bridgehead atoms. The number of urea groups is 1. The summed E-state index contributed by atoms with van der Waals surface area (Å²) in [6.45, 7) is 2.00. The summed E-state index contributed by atoms with van der Waals surface area (Å²) in [6, 6.07) is 8.68. The fourth-order valence-electron chi connectivity index (χ4n) is 1.63. The Labute approximate surface area is 106 Å². The molecule has 0 heterocycles. The van der Waals surface area contributed by atoms with Gasteiger partial charge >= 0.3 is 6.03 Å². The van der Waals surface area contributed by atoms with Crippen LogP contribution in [0.4, 0.5) is 4.79 Å². The summed E-state index contributed by atoms with van der Waals surface area (Å²) < 4.78 is 0. The Morgan fingerprint density at radius 2 is 2.00 bits per heavy atom. The highest BCUT2D eigenvalue weighted by Gasteiger charge is 2.23. The quantitative estimate of drug-likeness (QED) is 0.807. The molecule has 1 saturated carbocycles. The zero-order chi connectivity index (χ0) is 12.3. The second-order valence-electron chi connectivity index (χ2n) is 4.39. The Hall–Kier alpha value is -1.16. The van der Waals surface area contributed by atoms with Crippen molar-refractivity contribution >= 4 is 17.8 Å². The SMILES string of the molecule is CSc1ccc([C@H](C)NC(=O)NC2CC2)cc1. The Morgan fingerprint density at radius 3 is 2.53 bits per heavy atom. The number of rotatable bonds is 4. The lowest BCUT2D eigenvalue weighted by Crippen LogP contribution is -2.38. The summed E-state index contributed by atoms with van der Waals surface area (Å²) >= 11 is 1.72. The van der Waals surface area contributed by atoms with Crippen LogP contribution in [0.5, 0.6) is 0 Å². The minimum Gasteiger partial charge on any atom is -0.335 e. The van der Waals surface area contributed by atoms with Crippen LogP contribution in [0.15, 0.2) is 29.2 Å². The van der Waals surface area contributed by atoms with Gasteiger partial charge in [0.15, 0.2) is 0 Å². The number of thioether (sulfide) groups is 1. The summed E-state index contributed by atoms with van der Waals surface area (Å²) in [5.41, 5.74) is 1.13. The molecule has 1 aliphatic carbocycles. The van der Waals surface area contributed by atoms with Crippen LogP contribution in [0.3, 0.4) is 0 Å². The van der Waals surface area contributed by atoms with Gasteiger partial charge in [0.1, 0.15) is 0 Å². The lowest BCUT2D eigenvalue weighted by Gasteiger charge is -2.15. The molecule has 1 fully saturated rings. The van der Waals surface area contributed by atoms with E-state index < -0.39 is 0 Å². The maximum absolute atomic E-state index is 11.6. The van der Waals surface area contributed by atoms with E-state index in [-0.39, 0.29) is 12.1 Å². The fourth-order valence-corrected chi connectivity index (χ4v) is 2.04. The molecule has 0 unspecified atom stereocenters. The van der Waals surface area contributed by atoms with E-state index in [0.29, 0.717) is 6.04 Å². The maximum atomic E-state index is 11.6. The second kappa shape index (κ2) is 5.45. The van der Waals surface area contributed by atoms with Crippen molar-refractivity contribution in [3.8, 4) is 0 Å². The highest BCUT2D eigenvalue weighted by Crippen LogP contribution is 2.20. The molecule has 3 nitrogen and oxygen atoms in total. The van der Waals surface area contributed by atoms with Gasteiger partial charge in [-0.2, -0.15) is 0 Å². The molecule has 1 aromatic rings. The smallest absolute Gasteiger partial charge is 0.315 e. The van der Waals surface area contributed by atoms with Crippen molar-refractivity contribution in [2.45, 2.75) is 36.7 Å². The van der Waals surface area contributed by atoms with Crippen molar-refractivity contribution in [1.82, 2.24) is 10.6 Å². The predicted molar refractivity (Wildman–Crippen MR) is 71.3 cm³/mol. The van der Waals surface area contributed by atoms with E-state index in [1.165, 1.54) is 4.90 Å². The zero-order valence-corrected chi connectivity index (χ0v) is 11.0. The van der Waals surface area contributed by atoms with Gasteiger partial charge in [-0.25, -0.2) is 4.79 Å². The Balaban J connectivity index is 1.88. The average Bonchev–Trinajstić information content (AvgIpc) is 3.12. The third kappa shape index (κ3) is 3.66. The van der Waals surface area contributed by atoms with Crippen LogP contribution in [0.1, 0.15) is 31.4 Å². The minimum absolute atomic E-state index is 0.0460. The van der Waals surface area contributed by atoms with Gasteiger partial charge in [0, 0.05) is 10.9 Å². The first-order valence-electron chi connectivity index (χ1n) is 5.90. The maximum Gasteiger partial charge on any atom is 0.315 e. The lowest BCUT2D eigenvalue weighted by molar-refractivity contribution is 0.237. The van der Waals surface area contributed by atoms with Crippen LogP contribution in [0.2, 0.25) is 0 Å². The van der Waals surface area contributed by atoms with Gasteiger partial charge in [-0.15, -0.1) is 11.8 Å². The Bertz CT molecular complexity index is 387. The minimum atomic E-state index is -0.0612. The Kier molecular flexibility index (Phi) is 3.94. The van der Waals surface area contributed by atoms with Gasteiger partial charge in [-0.3, -0.25) is 0 Å². The number of amides is 2. The summed E-state index contributed by atoms with van der Waals surface area (Å²) in [7, 11) is 0. The van der Waals surface area contributed by atoms with Gasteiger partial charge in [-0.1, -0.05) is 12.1 Å². The van der Waals surface area contributed by atoms with Gasteiger partial charge < -0.3 is 10.6 Å². The molecule has 17 heavy (non-hydrogen) atoms. The summed E-state index contributed by atoms with van der Waals surface area (Å²) in [4.78, 5) is 12.8. The molecule has 0 saturated heterocycles. The molecule has 1 aliphatic rings. The largest absolute Gasteiger partial charge is 0.335 e. The van der Waals surface area contributed by atoms with E-state index in [1.54, 1.807) is 11.8 Å². The van der Waals surface area contributed by atoms with Crippen molar-refractivity contribution in [3.63, 3.8) is 0 Å². The number of hydrogen-bond donors (Lipinski definition) is 2. The number of hydrogen-bond acceptors (Lipinski definition) is 2. The van der Waals surface area contributed by atoms with E-state index in [4.69, 9.17) is 0 Å². The molecule has 1 aromatic carbocycles. The molecule has 2 N–H and O–H groups in total. The summed E-state index contributed by atoms with van der Waals surface area (Å²) in [5, 5.41) is 5.87. The third-order valence-electron chi connectivity index (χ3n) is 2.88. The molecule has 2 rings (SSSR count). The third-order valence-corrected chi connectivity index (χ3v) is 3.62. The van der Waals surface area contributed by atoms with Gasteiger partial charge in [0.2, 0.25) is 0 Å². The van der Waals surface area contributed by atoms with E-state index in [1.807, 2.05) is 6.92 Å². The first kappa shape index (κ1) is 12.3. The molecule has 2 amide bonds. The van der Waals surface area contributed by atoms with E-state index in [2.05, 4.69) is 41.2 Å². The molecule has 0 radical (unpaired) electrons. The van der Waals surface area contributed by atoms with E-state index in [0.717, 1.165) is 18.4 Å². The Morgan fingerprint density at radius 1 is 1.35 bits per heavy atom. The molecule has 0 aromatic heterocycles. The topological polar surface area (TPSA) is 41.1 Å². The van der Waals surface area contributed by atoms with Gasteiger partial charge in [-0.05, 0) is 43.7 Å². The normalized spacial score (nSPS) is 16.4. The standard InChI is InChI=1S/C13H18N2OS/c1-9(14-13(16)15-11-5-6-11)10-3-7-12(17-2)8-4-10/h3-4,7-9,11H,5-6H2,1-2H3,(H2,14,15,16)/t9-/m0/s1. The number of carbonyl (C=O) groups excluding carboxylic acids is 1. The molecule has 0 aliphatic heterocycles. The first-order valence-corrected chi connectivity index (χ1v) is 7.12. The molecule has 1 atom stereocenters. The van der Waals surface area contributed by atoms with Crippen LogP contribution in [0.25, 0.3) is 0 Å². The second-order valence-corrected chi connectivity index (χ2v) is 5.27. The highest BCUT2D eigenvalue weighted by molar-refractivity contribution is 7.98. The predicted octanol–water partition coefficient (Wildman–Crippen LogP) is 2.93. The van der Waals surface area contributed by atoms with Crippen molar-refractivity contribution in [2.75, 3.05) is 6.26 Å². The first-order chi connectivity index (χ1) is 8.19. The van der Waals surface area contributed by atoms with Gasteiger partial charge in [0.25, 0.3) is 0 Å². The fraction of sp³-hybridized carbons (Fsp3) is 0.462. The van der Waals surface area contributed by atoms with Gasteiger partial charge in [0.05, 0.1) is 6.04 Å². The van der Waals surface area contributed by atoms with Crippen molar-refractivity contribution in [3.05, 3.63) is 29.8 Å².